The molecular formula is C24H26N8OS2. The highest BCUT2D eigenvalue weighted by Crippen LogP contribution is 2.29. The average Bonchev–Trinajstić information content (AvgIpc) is 3.63. The summed E-state index contributed by atoms with van der Waals surface area (Å²) in [6.45, 7) is 2.48. The maximum atomic E-state index is 12.3. The van der Waals surface area contributed by atoms with Crippen molar-refractivity contribution in [3.05, 3.63) is 71.8 Å². The van der Waals surface area contributed by atoms with Crippen LogP contribution < -0.4 is 20.9 Å². The molecule has 1 saturated heterocycles. The van der Waals surface area contributed by atoms with Crippen molar-refractivity contribution in [3.63, 3.8) is 0 Å². The van der Waals surface area contributed by atoms with Gasteiger partial charge in [-0.15, -0.1) is 20.4 Å². The Kier molecular flexibility index (Phi) is 7.44. The van der Waals surface area contributed by atoms with E-state index in [2.05, 4.69) is 65.5 Å². The van der Waals surface area contributed by atoms with Crippen LogP contribution in [-0.2, 0) is 17.6 Å². The van der Waals surface area contributed by atoms with Crippen molar-refractivity contribution >= 4 is 49.1 Å². The van der Waals surface area contributed by atoms with Crippen LogP contribution in [0.3, 0.4) is 0 Å². The van der Waals surface area contributed by atoms with E-state index in [1.54, 1.807) is 0 Å². The Morgan fingerprint density at radius 3 is 2.40 bits per heavy atom. The molecule has 1 atom stereocenters. The molecule has 2 aromatic heterocycles. The number of carbonyl (C=O) groups is 1. The minimum atomic E-state index is -0.0932. The van der Waals surface area contributed by atoms with Crippen molar-refractivity contribution < 1.29 is 4.79 Å². The number of nitrogens with one attached hydrogen (secondary N) is 3. The van der Waals surface area contributed by atoms with Crippen molar-refractivity contribution in [2.75, 3.05) is 40.5 Å². The summed E-state index contributed by atoms with van der Waals surface area (Å²) in [5, 5.41) is 29.6. The van der Waals surface area contributed by atoms with Gasteiger partial charge in [-0.3, -0.25) is 4.79 Å². The zero-order chi connectivity index (χ0) is 23.9. The predicted octanol–water partition coefficient (Wildman–Crippen LogP) is 3.92. The number of anilines is 4. The molecule has 5 rings (SSSR count). The highest BCUT2D eigenvalue weighted by Gasteiger charge is 2.26. The lowest BCUT2D eigenvalue weighted by Crippen LogP contribution is -2.25. The molecule has 11 heteroatoms. The van der Waals surface area contributed by atoms with Crippen LogP contribution >= 0.6 is 22.7 Å². The second-order valence-corrected chi connectivity index (χ2v) is 10.2. The van der Waals surface area contributed by atoms with E-state index in [0.29, 0.717) is 11.6 Å². The molecule has 0 radical (unpaired) electrons. The SMILES string of the molecule is O=C(Cc1ccccc1)Nc1nnc(N2CC[C@@H](Nc3nnc(NCCc4ccccc4)s3)C2)s1. The van der Waals surface area contributed by atoms with Crippen molar-refractivity contribution in [1.82, 2.24) is 20.4 Å². The molecule has 1 fully saturated rings. The van der Waals surface area contributed by atoms with Crippen molar-refractivity contribution in [3.8, 4) is 0 Å². The molecule has 2 aromatic carbocycles. The standard InChI is InChI=1S/C24H26N8OS2/c33-20(15-18-9-5-2-6-10-18)27-23-30-31-24(35-23)32-14-12-19(16-32)26-22-29-28-21(34-22)25-13-11-17-7-3-1-4-8-17/h1-10,19H,11-16H2,(H,25,28)(H,26,29)(H,27,30,33)/t19-/m1/s1. The van der Waals surface area contributed by atoms with Crippen LogP contribution in [0.25, 0.3) is 0 Å². The molecule has 3 heterocycles. The third-order valence-electron chi connectivity index (χ3n) is 5.61. The fourth-order valence-corrected chi connectivity index (χ4v) is 5.42. The van der Waals surface area contributed by atoms with Gasteiger partial charge in [0.05, 0.1) is 6.42 Å². The van der Waals surface area contributed by atoms with Gasteiger partial charge in [0.25, 0.3) is 0 Å². The number of aromatic nitrogens is 4. The quantitative estimate of drug-likeness (QED) is 0.297. The molecule has 3 N–H and O–H groups in total. The van der Waals surface area contributed by atoms with E-state index in [0.717, 1.165) is 53.4 Å². The summed E-state index contributed by atoms with van der Waals surface area (Å²) < 4.78 is 0. The predicted molar refractivity (Wildman–Crippen MR) is 141 cm³/mol. The number of nitrogens with zero attached hydrogens (tertiary/aromatic N) is 5. The third-order valence-corrected chi connectivity index (χ3v) is 7.32. The van der Waals surface area contributed by atoms with E-state index in [1.165, 1.54) is 28.2 Å². The zero-order valence-corrected chi connectivity index (χ0v) is 20.7. The van der Waals surface area contributed by atoms with Crippen molar-refractivity contribution in [2.45, 2.75) is 25.3 Å². The van der Waals surface area contributed by atoms with Gasteiger partial charge in [0.15, 0.2) is 0 Å². The number of hydrogen-bond donors (Lipinski definition) is 3. The molecule has 1 aliphatic rings. The minimum absolute atomic E-state index is 0.0932. The first-order valence-electron chi connectivity index (χ1n) is 11.5. The van der Waals surface area contributed by atoms with Gasteiger partial charge in [0, 0.05) is 25.7 Å². The Morgan fingerprint density at radius 2 is 1.60 bits per heavy atom. The summed E-state index contributed by atoms with van der Waals surface area (Å²) in [7, 11) is 0. The monoisotopic (exact) mass is 506 g/mol. The highest BCUT2D eigenvalue weighted by atomic mass is 32.1. The van der Waals surface area contributed by atoms with Crippen LogP contribution in [-0.4, -0.2) is 52.0 Å². The number of hydrogen-bond acceptors (Lipinski definition) is 10. The first-order valence-corrected chi connectivity index (χ1v) is 13.1. The summed E-state index contributed by atoms with van der Waals surface area (Å²) in [4.78, 5) is 14.5. The molecule has 0 unspecified atom stereocenters. The van der Waals surface area contributed by atoms with Crippen LogP contribution in [0.2, 0.25) is 0 Å². The van der Waals surface area contributed by atoms with Crippen molar-refractivity contribution in [2.24, 2.45) is 0 Å². The second kappa shape index (κ2) is 11.2. The smallest absolute Gasteiger partial charge is 0.230 e. The zero-order valence-electron chi connectivity index (χ0n) is 19.1. The van der Waals surface area contributed by atoms with Crippen LogP contribution in [0.4, 0.5) is 20.5 Å². The van der Waals surface area contributed by atoms with Gasteiger partial charge in [-0.05, 0) is 24.0 Å². The van der Waals surface area contributed by atoms with Gasteiger partial charge in [-0.1, -0.05) is 83.3 Å². The second-order valence-electron chi connectivity index (χ2n) is 8.25. The van der Waals surface area contributed by atoms with Gasteiger partial charge in [-0.2, -0.15) is 0 Å². The van der Waals surface area contributed by atoms with Gasteiger partial charge < -0.3 is 20.9 Å². The van der Waals surface area contributed by atoms with Crippen molar-refractivity contribution in [1.29, 1.82) is 0 Å². The van der Waals surface area contributed by atoms with Crippen LogP contribution in [0.5, 0.6) is 0 Å². The number of rotatable bonds is 10. The Balaban J connectivity index is 1.07. The summed E-state index contributed by atoms with van der Waals surface area (Å²) in [6, 6.07) is 20.3. The van der Waals surface area contributed by atoms with Gasteiger partial charge in [0.1, 0.15) is 0 Å². The molecule has 0 spiro atoms. The molecule has 0 aliphatic carbocycles. The number of amides is 1. The Morgan fingerprint density at radius 1 is 0.886 bits per heavy atom. The normalized spacial score (nSPS) is 15.2. The average molecular weight is 507 g/mol. The van der Waals surface area contributed by atoms with Crippen LogP contribution in [0.15, 0.2) is 60.7 Å². The fourth-order valence-electron chi connectivity index (χ4n) is 3.88. The van der Waals surface area contributed by atoms with Gasteiger partial charge in [0.2, 0.25) is 26.4 Å². The molecule has 0 bridgehead atoms. The Bertz CT molecular complexity index is 1230. The molecule has 180 valence electrons. The Hall–Kier alpha value is -3.57. The molecule has 1 aliphatic heterocycles. The largest absolute Gasteiger partial charge is 0.360 e. The van der Waals surface area contributed by atoms with E-state index >= 15 is 0 Å². The topological polar surface area (TPSA) is 108 Å². The third kappa shape index (κ3) is 6.52. The van der Waals surface area contributed by atoms with Gasteiger partial charge >= 0.3 is 0 Å². The van der Waals surface area contributed by atoms with E-state index in [9.17, 15) is 4.79 Å². The summed E-state index contributed by atoms with van der Waals surface area (Å²) in [6.07, 6.45) is 2.22. The van der Waals surface area contributed by atoms with Crippen LogP contribution in [0, 0.1) is 0 Å². The summed E-state index contributed by atoms with van der Waals surface area (Å²) in [5.74, 6) is -0.0932. The Labute approximate surface area is 211 Å². The maximum absolute atomic E-state index is 12.3. The van der Waals surface area contributed by atoms with Crippen LogP contribution in [0.1, 0.15) is 17.5 Å². The maximum Gasteiger partial charge on any atom is 0.230 e. The van der Waals surface area contributed by atoms with E-state index < -0.39 is 0 Å². The highest BCUT2D eigenvalue weighted by molar-refractivity contribution is 7.19. The van der Waals surface area contributed by atoms with Gasteiger partial charge in [-0.25, -0.2) is 0 Å². The van der Waals surface area contributed by atoms with E-state index in [-0.39, 0.29) is 11.9 Å². The lowest BCUT2D eigenvalue weighted by atomic mass is 10.1. The molecule has 0 saturated carbocycles. The minimum Gasteiger partial charge on any atom is -0.360 e. The molecule has 9 nitrogen and oxygen atoms in total. The first kappa shape index (κ1) is 23.2. The van der Waals surface area contributed by atoms with E-state index in [4.69, 9.17) is 0 Å². The van der Waals surface area contributed by atoms with E-state index in [1.807, 2.05) is 36.4 Å². The fraction of sp³-hybridized carbons (Fsp3) is 0.292. The molecule has 1 amide bonds. The first-order chi connectivity index (χ1) is 17.2. The summed E-state index contributed by atoms with van der Waals surface area (Å²) >= 11 is 2.92. The lowest BCUT2D eigenvalue weighted by Gasteiger charge is -2.14. The number of carbonyl (C=O) groups excluding carboxylic acids is 1. The molecule has 4 aromatic rings. The summed E-state index contributed by atoms with van der Waals surface area (Å²) in [5.41, 5.74) is 2.26. The number of benzene rings is 2. The molecular weight excluding hydrogens is 480 g/mol. The molecule has 35 heavy (non-hydrogen) atoms. The lowest BCUT2D eigenvalue weighted by molar-refractivity contribution is -0.115.